The van der Waals surface area contributed by atoms with Gasteiger partial charge in [0.1, 0.15) is 0 Å². The molecule has 0 bridgehead atoms. The second kappa shape index (κ2) is 6.09. The molecule has 0 heterocycles. The van der Waals surface area contributed by atoms with E-state index in [2.05, 4.69) is 4.72 Å². The van der Waals surface area contributed by atoms with Gasteiger partial charge in [0.05, 0.1) is 15.9 Å². The number of hydrogen-bond acceptors (Lipinski definition) is 5. The monoisotopic (exact) mass is 288 g/mol. The van der Waals surface area contributed by atoms with Gasteiger partial charge in [-0.2, -0.15) is 0 Å². The summed E-state index contributed by atoms with van der Waals surface area (Å²) >= 11 is 0. The molecule has 0 saturated carbocycles. The van der Waals surface area contributed by atoms with Gasteiger partial charge in [-0.15, -0.1) is 0 Å². The summed E-state index contributed by atoms with van der Waals surface area (Å²) in [6.45, 7) is 1.76. The summed E-state index contributed by atoms with van der Waals surface area (Å²) in [6.07, 6.45) is -0.106. The minimum absolute atomic E-state index is 0.118. The predicted octanol–water partition coefficient (Wildman–Crippen LogP) is 0.816. The van der Waals surface area contributed by atoms with Crippen LogP contribution in [0.2, 0.25) is 0 Å². The number of aliphatic hydroxyl groups is 1. The third-order valence-electron chi connectivity index (χ3n) is 2.76. The van der Waals surface area contributed by atoms with E-state index in [1.54, 1.807) is 6.92 Å². The van der Waals surface area contributed by atoms with Crippen molar-refractivity contribution in [2.24, 2.45) is 0 Å². The molecule has 0 fully saturated rings. The van der Waals surface area contributed by atoms with Crippen molar-refractivity contribution in [3.63, 3.8) is 0 Å². The zero-order valence-electron chi connectivity index (χ0n) is 10.7. The number of nitro groups is 1. The molecule has 1 unspecified atom stereocenters. The van der Waals surface area contributed by atoms with Crippen LogP contribution in [-0.4, -0.2) is 31.6 Å². The summed E-state index contributed by atoms with van der Waals surface area (Å²) in [7, 11) is -2.49. The average Bonchev–Trinajstić information content (AvgIpc) is 2.38. The molecular formula is C11H16N2O5S. The van der Waals surface area contributed by atoms with Crippen LogP contribution in [0.3, 0.4) is 0 Å². The van der Waals surface area contributed by atoms with Gasteiger partial charge < -0.3 is 5.11 Å². The summed E-state index contributed by atoms with van der Waals surface area (Å²) in [5.74, 6) is 0. The fourth-order valence-electron chi connectivity index (χ4n) is 1.57. The first-order valence-electron chi connectivity index (χ1n) is 5.70. The quantitative estimate of drug-likeness (QED) is 0.594. The van der Waals surface area contributed by atoms with Gasteiger partial charge in [-0.05, 0) is 19.5 Å². The largest absolute Gasteiger partial charge is 0.393 e. The highest BCUT2D eigenvalue weighted by molar-refractivity contribution is 7.89. The van der Waals surface area contributed by atoms with E-state index in [0.29, 0.717) is 12.0 Å². The fourth-order valence-corrected chi connectivity index (χ4v) is 2.32. The van der Waals surface area contributed by atoms with Crippen molar-refractivity contribution >= 4 is 15.7 Å². The van der Waals surface area contributed by atoms with Gasteiger partial charge in [-0.1, -0.05) is 13.0 Å². The molecule has 0 aliphatic rings. The van der Waals surface area contributed by atoms with Crippen LogP contribution in [0.1, 0.15) is 18.9 Å². The Kier molecular flexibility index (Phi) is 4.98. The zero-order chi connectivity index (χ0) is 14.6. The lowest BCUT2D eigenvalue weighted by Crippen LogP contribution is -2.19. The minimum atomic E-state index is -3.72. The summed E-state index contributed by atoms with van der Waals surface area (Å²) in [5.41, 5.74) is 0.0122. The summed E-state index contributed by atoms with van der Waals surface area (Å²) in [4.78, 5) is 10.2. The molecule has 7 nitrogen and oxygen atoms in total. The third kappa shape index (κ3) is 3.72. The Morgan fingerprint density at radius 2 is 2.11 bits per heavy atom. The second-order valence-electron chi connectivity index (χ2n) is 4.02. The summed E-state index contributed by atoms with van der Waals surface area (Å²) in [6, 6.07) is 3.65. The van der Waals surface area contributed by atoms with Crippen molar-refractivity contribution in [2.75, 3.05) is 7.05 Å². The van der Waals surface area contributed by atoms with E-state index < -0.39 is 21.1 Å². The first-order valence-corrected chi connectivity index (χ1v) is 7.19. The molecular weight excluding hydrogens is 272 g/mol. The Morgan fingerprint density at radius 1 is 1.47 bits per heavy atom. The van der Waals surface area contributed by atoms with Gasteiger partial charge in [0, 0.05) is 18.1 Å². The number of aliphatic hydroxyl groups excluding tert-OH is 1. The van der Waals surface area contributed by atoms with Gasteiger partial charge in [-0.25, -0.2) is 13.1 Å². The molecule has 1 atom stereocenters. The van der Waals surface area contributed by atoms with E-state index in [0.717, 1.165) is 6.07 Å². The Hall–Kier alpha value is -1.51. The molecule has 8 heteroatoms. The molecule has 1 rings (SSSR count). The molecule has 2 N–H and O–H groups in total. The number of rotatable bonds is 6. The highest BCUT2D eigenvalue weighted by atomic mass is 32.2. The van der Waals surface area contributed by atoms with Crippen molar-refractivity contribution in [3.05, 3.63) is 33.9 Å². The number of nitrogens with zero attached hydrogens (tertiary/aromatic N) is 1. The van der Waals surface area contributed by atoms with E-state index in [1.165, 1.54) is 19.2 Å². The Labute approximate surface area is 111 Å². The number of nitro benzene ring substituents is 1. The van der Waals surface area contributed by atoms with Crippen LogP contribution >= 0.6 is 0 Å². The van der Waals surface area contributed by atoms with Crippen LogP contribution in [0.15, 0.2) is 23.1 Å². The van der Waals surface area contributed by atoms with Crippen LogP contribution in [0.25, 0.3) is 0 Å². The lowest BCUT2D eigenvalue weighted by atomic mass is 10.0. The molecule has 106 valence electrons. The van der Waals surface area contributed by atoms with Gasteiger partial charge in [0.2, 0.25) is 10.0 Å². The molecule has 0 radical (unpaired) electrons. The Balaban J connectivity index is 3.27. The van der Waals surface area contributed by atoms with Crippen LogP contribution < -0.4 is 4.72 Å². The van der Waals surface area contributed by atoms with Gasteiger partial charge >= 0.3 is 0 Å². The van der Waals surface area contributed by atoms with Crippen molar-refractivity contribution in [1.82, 2.24) is 4.72 Å². The molecule has 1 aromatic rings. The molecule has 0 aromatic heterocycles. The second-order valence-corrected chi connectivity index (χ2v) is 5.91. The molecule has 0 spiro atoms. The predicted molar refractivity (Wildman–Crippen MR) is 69.3 cm³/mol. The Bertz CT molecular complexity index is 570. The molecule has 0 amide bonds. The van der Waals surface area contributed by atoms with E-state index in [1.807, 2.05) is 0 Å². The lowest BCUT2D eigenvalue weighted by Gasteiger charge is -2.09. The van der Waals surface area contributed by atoms with E-state index >= 15 is 0 Å². The van der Waals surface area contributed by atoms with Crippen molar-refractivity contribution in [1.29, 1.82) is 0 Å². The first kappa shape index (κ1) is 15.5. The van der Waals surface area contributed by atoms with Crippen LogP contribution in [0.4, 0.5) is 5.69 Å². The lowest BCUT2D eigenvalue weighted by molar-refractivity contribution is -0.385. The maximum absolute atomic E-state index is 11.6. The number of nitrogens with one attached hydrogen (secondary N) is 1. The van der Waals surface area contributed by atoms with E-state index in [9.17, 15) is 23.6 Å². The highest BCUT2D eigenvalue weighted by Gasteiger charge is 2.21. The number of benzene rings is 1. The van der Waals surface area contributed by atoms with Crippen LogP contribution in [-0.2, 0) is 16.4 Å². The summed E-state index contributed by atoms with van der Waals surface area (Å²) < 4.78 is 25.3. The maximum atomic E-state index is 11.6. The number of sulfonamides is 1. The molecule has 1 aromatic carbocycles. The van der Waals surface area contributed by atoms with E-state index in [-0.39, 0.29) is 17.0 Å². The SMILES string of the molecule is CCC(O)Cc1ccc(S(=O)(=O)NC)cc1[N+](=O)[O-]. The molecule has 19 heavy (non-hydrogen) atoms. The molecule has 0 saturated heterocycles. The normalized spacial score (nSPS) is 13.2. The molecule has 0 aliphatic heterocycles. The minimum Gasteiger partial charge on any atom is -0.393 e. The maximum Gasteiger partial charge on any atom is 0.274 e. The van der Waals surface area contributed by atoms with Crippen molar-refractivity contribution < 1.29 is 18.4 Å². The first-order chi connectivity index (χ1) is 8.81. The smallest absolute Gasteiger partial charge is 0.274 e. The summed E-state index contributed by atoms with van der Waals surface area (Å²) in [5, 5.41) is 20.5. The van der Waals surface area contributed by atoms with Crippen molar-refractivity contribution in [3.8, 4) is 0 Å². The topological polar surface area (TPSA) is 110 Å². The average molecular weight is 288 g/mol. The molecule has 0 aliphatic carbocycles. The third-order valence-corrected chi connectivity index (χ3v) is 4.17. The van der Waals surface area contributed by atoms with Gasteiger partial charge in [0.25, 0.3) is 5.69 Å². The standard InChI is InChI=1S/C11H16N2O5S/c1-3-9(14)6-8-4-5-10(19(17,18)12-2)7-11(8)13(15)16/h4-5,7,9,12,14H,3,6H2,1-2H3. The van der Waals surface area contributed by atoms with Gasteiger partial charge in [0.15, 0.2) is 0 Å². The fraction of sp³-hybridized carbons (Fsp3) is 0.455. The highest BCUT2D eigenvalue weighted by Crippen LogP contribution is 2.24. The Morgan fingerprint density at radius 3 is 2.58 bits per heavy atom. The van der Waals surface area contributed by atoms with Crippen molar-refractivity contribution in [2.45, 2.75) is 30.8 Å². The van der Waals surface area contributed by atoms with Crippen LogP contribution in [0, 0.1) is 10.1 Å². The van der Waals surface area contributed by atoms with Gasteiger partial charge in [-0.3, -0.25) is 10.1 Å². The zero-order valence-corrected chi connectivity index (χ0v) is 11.5. The van der Waals surface area contributed by atoms with E-state index in [4.69, 9.17) is 0 Å². The van der Waals surface area contributed by atoms with Crippen LogP contribution in [0.5, 0.6) is 0 Å². The number of hydrogen-bond donors (Lipinski definition) is 2.